The first-order chi connectivity index (χ1) is 10.4. The van der Waals surface area contributed by atoms with Gasteiger partial charge in [0.25, 0.3) is 5.91 Å². The molecule has 114 valence electrons. The van der Waals surface area contributed by atoms with Crippen LogP contribution in [-0.4, -0.2) is 17.2 Å². The summed E-state index contributed by atoms with van der Waals surface area (Å²) in [5, 5.41) is 14.7. The predicted octanol–water partition coefficient (Wildman–Crippen LogP) is 4.88. The van der Waals surface area contributed by atoms with Gasteiger partial charge in [-0.1, -0.05) is 34.8 Å². The molecule has 0 heterocycles. The number of carbonyl (C=O) groups excluding carboxylic acids is 1. The smallest absolute Gasteiger partial charge is 0.272 e. The number of amides is 1. The number of nitrogens with zero attached hydrogens (tertiary/aromatic N) is 1. The molecule has 0 aromatic heterocycles. The van der Waals surface area contributed by atoms with E-state index in [2.05, 4.69) is 26.5 Å². The van der Waals surface area contributed by atoms with Gasteiger partial charge in [0, 0.05) is 15.6 Å². The minimum atomic E-state index is -0.501. The van der Waals surface area contributed by atoms with Gasteiger partial charge in [-0.2, -0.15) is 5.10 Å². The van der Waals surface area contributed by atoms with Gasteiger partial charge in [-0.15, -0.1) is 0 Å². The van der Waals surface area contributed by atoms with Crippen molar-refractivity contribution in [3.63, 3.8) is 0 Å². The topological polar surface area (TPSA) is 61.7 Å². The Kier molecular flexibility index (Phi) is 5.69. The summed E-state index contributed by atoms with van der Waals surface area (Å²) in [6, 6.07) is 7.55. The molecule has 2 rings (SSSR count). The van der Waals surface area contributed by atoms with Crippen molar-refractivity contribution < 1.29 is 9.90 Å². The monoisotopic (exact) mass is 420 g/mol. The highest BCUT2D eigenvalue weighted by atomic mass is 79.9. The summed E-state index contributed by atoms with van der Waals surface area (Å²) < 4.78 is 0.425. The molecule has 0 aliphatic carbocycles. The van der Waals surface area contributed by atoms with Crippen molar-refractivity contribution in [3.8, 4) is 5.75 Å². The number of hydrogen-bond donors (Lipinski definition) is 2. The standard InChI is InChI=1S/C14H8BrCl3N2O2/c15-11-4-9(17)3-7(13(11)21)6-19-20-14(22)10-2-1-8(16)5-12(10)18/h1-6,21H,(H,20,22)/b19-6+. The Bertz CT molecular complexity index is 766. The first kappa shape index (κ1) is 17.1. The first-order valence-corrected chi connectivity index (χ1v) is 7.77. The van der Waals surface area contributed by atoms with E-state index in [4.69, 9.17) is 34.8 Å². The zero-order valence-electron chi connectivity index (χ0n) is 10.8. The molecule has 8 heteroatoms. The second kappa shape index (κ2) is 7.33. The van der Waals surface area contributed by atoms with Crippen LogP contribution in [0.5, 0.6) is 5.75 Å². The molecule has 0 radical (unpaired) electrons. The lowest BCUT2D eigenvalue weighted by Gasteiger charge is -2.04. The van der Waals surface area contributed by atoms with Crippen molar-refractivity contribution in [2.75, 3.05) is 0 Å². The molecule has 0 fully saturated rings. The van der Waals surface area contributed by atoms with Crippen molar-refractivity contribution in [1.29, 1.82) is 0 Å². The van der Waals surface area contributed by atoms with Gasteiger partial charge in [0.1, 0.15) is 5.75 Å². The number of aromatic hydroxyl groups is 1. The molecule has 0 atom stereocenters. The van der Waals surface area contributed by atoms with Gasteiger partial charge in [-0.25, -0.2) is 5.43 Å². The van der Waals surface area contributed by atoms with Crippen LogP contribution >= 0.6 is 50.7 Å². The second-order valence-corrected chi connectivity index (χ2v) is 6.28. The van der Waals surface area contributed by atoms with Gasteiger partial charge < -0.3 is 5.11 Å². The zero-order valence-corrected chi connectivity index (χ0v) is 14.6. The van der Waals surface area contributed by atoms with Crippen molar-refractivity contribution in [1.82, 2.24) is 5.43 Å². The van der Waals surface area contributed by atoms with E-state index >= 15 is 0 Å². The maximum atomic E-state index is 11.9. The number of benzene rings is 2. The van der Waals surface area contributed by atoms with Crippen molar-refractivity contribution in [2.45, 2.75) is 0 Å². The minimum Gasteiger partial charge on any atom is -0.506 e. The maximum Gasteiger partial charge on any atom is 0.272 e. The van der Waals surface area contributed by atoms with Gasteiger partial charge in [-0.05, 0) is 46.3 Å². The second-order valence-electron chi connectivity index (χ2n) is 4.15. The number of carbonyl (C=O) groups is 1. The van der Waals surface area contributed by atoms with Gasteiger partial charge in [0.2, 0.25) is 0 Å². The van der Waals surface area contributed by atoms with Crippen LogP contribution in [0.4, 0.5) is 0 Å². The van der Waals surface area contributed by atoms with E-state index in [0.29, 0.717) is 20.1 Å². The van der Waals surface area contributed by atoms with Gasteiger partial charge in [0.05, 0.1) is 21.3 Å². The molecule has 0 saturated carbocycles. The van der Waals surface area contributed by atoms with E-state index in [-0.39, 0.29) is 16.3 Å². The number of hydrazone groups is 1. The van der Waals surface area contributed by atoms with Crippen molar-refractivity contribution in [2.24, 2.45) is 5.10 Å². The highest BCUT2D eigenvalue weighted by molar-refractivity contribution is 9.10. The van der Waals surface area contributed by atoms with Gasteiger partial charge in [0.15, 0.2) is 0 Å². The van der Waals surface area contributed by atoms with Crippen LogP contribution in [0, 0.1) is 0 Å². The lowest BCUT2D eigenvalue weighted by Crippen LogP contribution is -2.18. The third-order valence-electron chi connectivity index (χ3n) is 2.60. The van der Waals surface area contributed by atoms with E-state index in [0.717, 1.165) is 0 Å². The van der Waals surface area contributed by atoms with E-state index in [1.54, 1.807) is 12.1 Å². The molecule has 0 unspecified atom stereocenters. The van der Waals surface area contributed by atoms with Crippen LogP contribution in [-0.2, 0) is 0 Å². The summed E-state index contributed by atoms with van der Waals surface area (Å²) >= 11 is 20.7. The normalized spacial score (nSPS) is 10.9. The van der Waals surface area contributed by atoms with Gasteiger partial charge in [-0.3, -0.25) is 4.79 Å². The van der Waals surface area contributed by atoms with Crippen molar-refractivity contribution >= 4 is 62.9 Å². The fourth-order valence-corrected chi connectivity index (χ4v) is 2.91. The molecule has 0 aliphatic rings. The fraction of sp³-hybridized carbons (Fsp3) is 0. The average Bonchev–Trinajstić information content (AvgIpc) is 2.43. The quantitative estimate of drug-likeness (QED) is 0.547. The molecule has 0 aliphatic heterocycles. The molecule has 2 N–H and O–H groups in total. The summed E-state index contributed by atoms with van der Waals surface area (Å²) in [5.74, 6) is -0.537. The molecule has 0 saturated heterocycles. The summed E-state index contributed by atoms with van der Waals surface area (Å²) in [6.45, 7) is 0. The van der Waals surface area contributed by atoms with E-state index < -0.39 is 5.91 Å². The largest absolute Gasteiger partial charge is 0.506 e. The summed E-state index contributed by atoms with van der Waals surface area (Å²) in [4.78, 5) is 11.9. The Morgan fingerprint density at radius 3 is 2.59 bits per heavy atom. The Balaban J connectivity index is 2.14. The van der Waals surface area contributed by atoms with Gasteiger partial charge >= 0.3 is 0 Å². The van der Waals surface area contributed by atoms with Crippen LogP contribution in [0.15, 0.2) is 39.9 Å². The summed E-state index contributed by atoms with van der Waals surface area (Å²) in [6.07, 6.45) is 1.27. The SMILES string of the molecule is O=C(N/N=C/c1cc(Cl)cc(Br)c1O)c1ccc(Cl)cc1Cl. The Morgan fingerprint density at radius 2 is 1.91 bits per heavy atom. The third-order valence-corrected chi connectivity index (χ3v) is 3.97. The highest BCUT2D eigenvalue weighted by Gasteiger charge is 2.10. The highest BCUT2D eigenvalue weighted by Crippen LogP contribution is 2.30. The van der Waals surface area contributed by atoms with E-state index in [1.165, 1.54) is 24.4 Å². The Hall–Kier alpha value is -1.27. The summed E-state index contributed by atoms with van der Waals surface area (Å²) in [5.41, 5.74) is 2.89. The third kappa shape index (κ3) is 4.14. The van der Waals surface area contributed by atoms with Crippen LogP contribution in [0.25, 0.3) is 0 Å². The van der Waals surface area contributed by atoms with Crippen LogP contribution < -0.4 is 5.43 Å². The number of halogens is 4. The minimum absolute atomic E-state index is 0.0353. The number of phenolic OH excluding ortho intramolecular Hbond substituents is 1. The van der Waals surface area contributed by atoms with E-state index in [1.807, 2.05) is 0 Å². The first-order valence-electron chi connectivity index (χ1n) is 5.85. The molecule has 2 aromatic carbocycles. The zero-order chi connectivity index (χ0) is 16.3. The molecule has 2 aromatic rings. The van der Waals surface area contributed by atoms with E-state index in [9.17, 15) is 9.90 Å². The van der Waals surface area contributed by atoms with Crippen LogP contribution in [0.1, 0.15) is 15.9 Å². The number of hydrogen-bond acceptors (Lipinski definition) is 3. The Labute approximate surface area is 149 Å². The number of rotatable bonds is 3. The molecular formula is C14H8BrCl3N2O2. The molecule has 0 spiro atoms. The lowest BCUT2D eigenvalue weighted by atomic mass is 10.2. The lowest BCUT2D eigenvalue weighted by molar-refractivity contribution is 0.0955. The summed E-state index contributed by atoms with van der Waals surface area (Å²) in [7, 11) is 0. The Morgan fingerprint density at radius 1 is 1.18 bits per heavy atom. The molecule has 0 bridgehead atoms. The maximum absolute atomic E-state index is 11.9. The van der Waals surface area contributed by atoms with Crippen LogP contribution in [0.3, 0.4) is 0 Å². The fourth-order valence-electron chi connectivity index (χ4n) is 1.58. The predicted molar refractivity (Wildman–Crippen MR) is 92.3 cm³/mol. The molecule has 1 amide bonds. The molecule has 4 nitrogen and oxygen atoms in total. The molecular weight excluding hydrogens is 414 g/mol. The average molecular weight is 422 g/mol. The number of phenols is 1. The van der Waals surface area contributed by atoms with Crippen molar-refractivity contribution in [3.05, 3.63) is 61.0 Å². The number of nitrogens with one attached hydrogen (secondary N) is 1. The van der Waals surface area contributed by atoms with Crippen LogP contribution in [0.2, 0.25) is 15.1 Å². The molecule has 22 heavy (non-hydrogen) atoms.